The van der Waals surface area contributed by atoms with Crippen LogP contribution in [0, 0.1) is 24.1 Å². The minimum atomic E-state index is -0.353. The average molecular weight is 582 g/mol. The Morgan fingerprint density at radius 3 is 2.77 bits per heavy atom. The van der Waals surface area contributed by atoms with Crippen LogP contribution < -0.4 is 10.2 Å². The lowest BCUT2D eigenvalue weighted by atomic mass is 9.91. The number of carbonyl (C=O) groups is 2. The van der Waals surface area contributed by atoms with Gasteiger partial charge < -0.3 is 15.1 Å². The number of anilines is 1. The Hall–Kier alpha value is -4.20. The lowest BCUT2D eigenvalue weighted by Crippen LogP contribution is -2.60. The number of halogens is 1. The van der Waals surface area contributed by atoms with Gasteiger partial charge >= 0.3 is 0 Å². The first-order chi connectivity index (χ1) is 20.5. The summed E-state index contributed by atoms with van der Waals surface area (Å²) in [5, 5.41) is 21.8. The molecule has 2 aromatic carbocycles. The highest BCUT2D eigenvalue weighted by Gasteiger charge is 2.42. The van der Waals surface area contributed by atoms with E-state index in [1.54, 1.807) is 18.2 Å². The summed E-state index contributed by atoms with van der Waals surface area (Å²) in [6.45, 7) is 11.2. The van der Waals surface area contributed by atoms with Crippen molar-refractivity contribution in [3.8, 4) is 6.07 Å². The van der Waals surface area contributed by atoms with Gasteiger partial charge in [-0.15, -0.1) is 0 Å². The number of nitrogens with zero attached hydrogens (tertiary/aromatic N) is 6. The first kappa shape index (κ1) is 28.9. The predicted octanol–water partition coefficient (Wildman–Crippen LogP) is 3.33. The second-order valence-electron chi connectivity index (χ2n) is 12.7. The first-order valence-electron chi connectivity index (χ1n) is 14.7. The number of amides is 2. The van der Waals surface area contributed by atoms with Gasteiger partial charge in [0.1, 0.15) is 5.82 Å². The molecule has 9 nitrogen and oxygen atoms in total. The maximum atomic E-state index is 14.0. The zero-order valence-corrected chi connectivity index (χ0v) is 25.0. The Bertz CT molecular complexity index is 1650. The first-order valence-corrected chi connectivity index (χ1v) is 14.7. The van der Waals surface area contributed by atoms with E-state index in [1.807, 2.05) is 28.9 Å². The van der Waals surface area contributed by atoms with Crippen molar-refractivity contribution in [3.63, 3.8) is 0 Å². The molecular weight excluding hydrogens is 545 g/mol. The van der Waals surface area contributed by atoms with Crippen LogP contribution in [0.25, 0.3) is 0 Å². The van der Waals surface area contributed by atoms with E-state index in [0.29, 0.717) is 50.3 Å². The van der Waals surface area contributed by atoms with Gasteiger partial charge in [-0.3, -0.25) is 14.5 Å². The van der Waals surface area contributed by atoms with Crippen LogP contribution in [0.15, 0.2) is 42.5 Å². The third-order valence-corrected chi connectivity index (χ3v) is 8.90. The molecule has 10 heteroatoms. The minimum Gasteiger partial charge on any atom is -0.333 e. The number of aryl methyl sites for hydroxylation is 1. The molecule has 3 aromatic rings. The summed E-state index contributed by atoms with van der Waals surface area (Å²) < 4.78 is 13.6. The van der Waals surface area contributed by atoms with Gasteiger partial charge in [-0.2, -0.15) is 15.5 Å². The van der Waals surface area contributed by atoms with Crippen molar-refractivity contribution in [2.75, 3.05) is 37.6 Å². The van der Waals surface area contributed by atoms with Crippen LogP contribution in [0.1, 0.15) is 64.8 Å². The zero-order valence-electron chi connectivity index (χ0n) is 25.0. The van der Waals surface area contributed by atoms with E-state index >= 15 is 0 Å². The smallest absolute Gasteiger partial charge is 0.254 e. The van der Waals surface area contributed by atoms with E-state index in [2.05, 4.69) is 47.3 Å². The van der Waals surface area contributed by atoms with Crippen LogP contribution in [0.2, 0.25) is 0 Å². The van der Waals surface area contributed by atoms with Crippen molar-refractivity contribution in [3.05, 3.63) is 87.5 Å². The van der Waals surface area contributed by atoms with Crippen LogP contribution in [-0.4, -0.2) is 76.6 Å². The van der Waals surface area contributed by atoms with Gasteiger partial charge in [0.05, 0.1) is 35.3 Å². The third kappa shape index (κ3) is 5.63. The van der Waals surface area contributed by atoms with E-state index in [-0.39, 0.29) is 41.7 Å². The van der Waals surface area contributed by atoms with Crippen molar-refractivity contribution in [1.29, 1.82) is 5.26 Å². The summed E-state index contributed by atoms with van der Waals surface area (Å²) in [6, 6.07) is 14.2. The van der Waals surface area contributed by atoms with E-state index < -0.39 is 0 Å². The molecule has 1 N–H and O–H groups in total. The number of rotatable bonds is 6. The maximum absolute atomic E-state index is 14.0. The Kier molecular flexibility index (Phi) is 7.48. The van der Waals surface area contributed by atoms with Crippen LogP contribution in [0.5, 0.6) is 0 Å². The molecule has 0 bridgehead atoms. The van der Waals surface area contributed by atoms with Crippen LogP contribution in [0.3, 0.4) is 0 Å². The molecule has 3 aliphatic heterocycles. The topological polar surface area (TPSA) is 105 Å². The maximum Gasteiger partial charge on any atom is 0.254 e. The third-order valence-electron chi connectivity index (χ3n) is 8.90. The predicted molar refractivity (Wildman–Crippen MR) is 160 cm³/mol. The second-order valence-corrected chi connectivity index (χ2v) is 12.7. The van der Waals surface area contributed by atoms with Crippen molar-refractivity contribution >= 4 is 17.5 Å². The molecule has 222 valence electrons. The Labute approximate surface area is 251 Å². The van der Waals surface area contributed by atoms with Crippen LogP contribution in [-0.2, 0) is 23.2 Å². The van der Waals surface area contributed by atoms with E-state index in [4.69, 9.17) is 0 Å². The van der Waals surface area contributed by atoms with E-state index in [0.717, 1.165) is 33.8 Å². The molecule has 4 heterocycles. The van der Waals surface area contributed by atoms with Crippen molar-refractivity contribution < 1.29 is 14.0 Å². The van der Waals surface area contributed by atoms with Crippen molar-refractivity contribution in [1.82, 2.24) is 25.3 Å². The highest BCUT2D eigenvalue weighted by atomic mass is 19.1. The molecule has 1 aromatic heterocycles. The largest absolute Gasteiger partial charge is 0.333 e. The zero-order chi connectivity index (χ0) is 30.5. The lowest BCUT2D eigenvalue weighted by molar-refractivity contribution is -0.120. The monoisotopic (exact) mass is 581 g/mol. The molecule has 2 atom stereocenters. The summed E-state index contributed by atoms with van der Waals surface area (Å²) in [5.41, 5.74) is 5.74. The summed E-state index contributed by atoms with van der Waals surface area (Å²) in [4.78, 5) is 33.0. The van der Waals surface area contributed by atoms with Gasteiger partial charge in [0.15, 0.2) is 0 Å². The molecule has 0 saturated carbocycles. The standard InChI is InChI=1S/C33H36FN7O2/c1-20-9-25(34)8-7-23(20)11-26-12-29-31(38-37-26)33(3,4)19-41(29)30(42)18-39-15-21(2)36-14-27(39)17-40-16-24-6-5-22(13-35)10-28(24)32(40)43/h5-10,12,21,27,36H,11,14-19H2,1-4H3/t21-,27-/m1/s1. The number of hydrogen-bond acceptors (Lipinski definition) is 7. The summed E-state index contributed by atoms with van der Waals surface area (Å²) >= 11 is 0. The Morgan fingerprint density at radius 2 is 2.00 bits per heavy atom. The van der Waals surface area contributed by atoms with E-state index in [1.165, 1.54) is 12.1 Å². The number of fused-ring (bicyclic) bond motifs is 2. The molecule has 0 aliphatic carbocycles. The van der Waals surface area contributed by atoms with Gasteiger partial charge in [0.25, 0.3) is 5.91 Å². The summed E-state index contributed by atoms with van der Waals surface area (Å²) in [7, 11) is 0. The number of nitriles is 1. The number of benzene rings is 2. The molecule has 2 amide bonds. The molecule has 0 unspecified atom stereocenters. The number of hydrogen-bond donors (Lipinski definition) is 1. The van der Waals surface area contributed by atoms with Gasteiger partial charge in [0, 0.05) is 62.2 Å². The Balaban J connectivity index is 1.20. The minimum absolute atomic E-state index is 0.0162. The quantitative estimate of drug-likeness (QED) is 0.476. The van der Waals surface area contributed by atoms with Crippen LogP contribution in [0.4, 0.5) is 10.1 Å². The number of nitrogens with one attached hydrogen (secondary N) is 1. The van der Waals surface area contributed by atoms with Gasteiger partial charge in [-0.25, -0.2) is 4.39 Å². The Morgan fingerprint density at radius 1 is 1.19 bits per heavy atom. The SMILES string of the molecule is Cc1cc(F)ccc1Cc1cc2c(nn1)C(C)(C)CN2C(=O)CN1C[C@@H](C)NC[C@@H]1CN1Cc2ccc(C#N)cc2C1=O. The van der Waals surface area contributed by atoms with Crippen molar-refractivity contribution in [2.45, 2.75) is 58.2 Å². The molecule has 0 radical (unpaired) electrons. The van der Waals surface area contributed by atoms with Gasteiger partial charge in [0.2, 0.25) is 5.91 Å². The van der Waals surface area contributed by atoms with Crippen molar-refractivity contribution in [2.24, 2.45) is 0 Å². The fourth-order valence-electron chi connectivity index (χ4n) is 6.52. The average Bonchev–Trinajstić information content (AvgIpc) is 3.43. The number of carbonyl (C=O) groups excluding carboxylic acids is 2. The fourth-order valence-corrected chi connectivity index (χ4v) is 6.52. The molecule has 3 aliphatic rings. The van der Waals surface area contributed by atoms with Crippen LogP contribution >= 0.6 is 0 Å². The highest BCUT2D eigenvalue weighted by Crippen LogP contribution is 2.39. The lowest BCUT2D eigenvalue weighted by Gasteiger charge is -2.41. The molecule has 6 rings (SSSR count). The number of piperazine rings is 1. The summed E-state index contributed by atoms with van der Waals surface area (Å²) in [6.07, 6.45) is 0.494. The molecular formula is C33H36FN7O2. The number of aromatic nitrogens is 2. The molecule has 1 fully saturated rings. The molecule has 0 spiro atoms. The highest BCUT2D eigenvalue weighted by molar-refractivity contribution is 5.99. The second kappa shape index (κ2) is 11.1. The summed E-state index contributed by atoms with van der Waals surface area (Å²) in [5.74, 6) is -0.362. The normalized spacial score (nSPS) is 21.1. The fraction of sp³-hybridized carbons (Fsp3) is 0.424. The molecule has 1 saturated heterocycles. The molecule has 43 heavy (non-hydrogen) atoms. The van der Waals surface area contributed by atoms with E-state index in [9.17, 15) is 19.2 Å². The van der Waals surface area contributed by atoms with Gasteiger partial charge in [-0.05, 0) is 60.9 Å². The van der Waals surface area contributed by atoms with Gasteiger partial charge in [-0.1, -0.05) is 26.0 Å².